The lowest BCUT2D eigenvalue weighted by Crippen LogP contribution is -2.37. The number of nitriles is 1. The van der Waals surface area contributed by atoms with Crippen molar-refractivity contribution < 1.29 is 4.39 Å². The zero-order valence-electron chi connectivity index (χ0n) is 11.7. The van der Waals surface area contributed by atoms with E-state index < -0.39 is 0 Å². The van der Waals surface area contributed by atoms with Gasteiger partial charge >= 0.3 is 0 Å². The van der Waals surface area contributed by atoms with Crippen LogP contribution in [0, 0.1) is 17.1 Å². The van der Waals surface area contributed by atoms with E-state index in [0.717, 1.165) is 19.5 Å². The minimum atomic E-state index is -0.339. The number of guanidine groups is 1. The van der Waals surface area contributed by atoms with Gasteiger partial charge < -0.3 is 10.6 Å². The van der Waals surface area contributed by atoms with Crippen LogP contribution in [0.25, 0.3) is 0 Å². The van der Waals surface area contributed by atoms with Gasteiger partial charge in [-0.1, -0.05) is 6.92 Å². The highest BCUT2D eigenvalue weighted by molar-refractivity contribution is 14.0. The summed E-state index contributed by atoms with van der Waals surface area (Å²) in [6, 6.07) is 6.29. The molecule has 1 aromatic carbocycles. The number of nitrogens with zero attached hydrogens (tertiary/aromatic N) is 2. The van der Waals surface area contributed by atoms with E-state index in [1.54, 1.807) is 0 Å². The summed E-state index contributed by atoms with van der Waals surface area (Å²) in [5.74, 6) is 0.320. The maximum atomic E-state index is 13.6. The molecule has 0 saturated carbocycles. The topological polar surface area (TPSA) is 60.2 Å². The molecule has 1 rings (SSSR count). The van der Waals surface area contributed by atoms with Gasteiger partial charge in [0.15, 0.2) is 5.96 Å². The van der Waals surface area contributed by atoms with E-state index in [9.17, 15) is 4.39 Å². The fourth-order valence-corrected chi connectivity index (χ4v) is 1.51. The van der Waals surface area contributed by atoms with Crippen molar-refractivity contribution in [3.63, 3.8) is 0 Å². The van der Waals surface area contributed by atoms with E-state index in [0.29, 0.717) is 17.1 Å². The van der Waals surface area contributed by atoms with Gasteiger partial charge in [0.25, 0.3) is 0 Å². The van der Waals surface area contributed by atoms with Crippen molar-refractivity contribution in [1.82, 2.24) is 10.6 Å². The fourth-order valence-electron chi connectivity index (χ4n) is 1.51. The monoisotopic (exact) mass is 390 g/mol. The smallest absolute Gasteiger partial charge is 0.191 e. The first-order valence-electron chi connectivity index (χ1n) is 6.42. The second kappa shape index (κ2) is 10.4. The van der Waals surface area contributed by atoms with E-state index in [4.69, 9.17) is 5.26 Å². The molecular formula is C14H20FIN4. The zero-order chi connectivity index (χ0) is 14.1. The summed E-state index contributed by atoms with van der Waals surface area (Å²) in [6.45, 7) is 5.80. The molecule has 0 spiro atoms. The highest BCUT2D eigenvalue weighted by Gasteiger charge is 2.04. The quantitative estimate of drug-likeness (QED) is 0.462. The van der Waals surface area contributed by atoms with Gasteiger partial charge in [0.1, 0.15) is 5.82 Å². The lowest BCUT2D eigenvalue weighted by molar-refractivity contribution is 0.610. The third-order valence-corrected chi connectivity index (χ3v) is 2.47. The highest BCUT2D eigenvalue weighted by Crippen LogP contribution is 2.11. The number of hydrogen-bond acceptors (Lipinski definition) is 2. The predicted molar refractivity (Wildman–Crippen MR) is 89.6 cm³/mol. The van der Waals surface area contributed by atoms with Gasteiger partial charge in [-0.3, -0.25) is 0 Å². The second-order valence-corrected chi connectivity index (χ2v) is 4.04. The second-order valence-electron chi connectivity index (χ2n) is 4.04. The Morgan fingerprint density at radius 1 is 1.35 bits per heavy atom. The molecule has 0 bridgehead atoms. The summed E-state index contributed by atoms with van der Waals surface area (Å²) in [4.78, 5) is 4.30. The molecule has 1 aromatic rings. The standard InChI is InChI=1S/C14H19FN4.HI/c1-3-7-18-14(17-4-2)19-10-12-8-11(9-16)5-6-13(12)15;/h5-6,8H,3-4,7,10H2,1-2H3,(H2,17,18,19);1H. The van der Waals surface area contributed by atoms with Crippen LogP contribution in [0.2, 0.25) is 0 Å². The lowest BCUT2D eigenvalue weighted by Gasteiger charge is -2.10. The average Bonchev–Trinajstić information content (AvgIpc) is 2.43. The summed E-state index contributed by atoms with van der Waals surface area (Å²) in [6.07, 6.45) is 0.989. The average molecular weight is 390 g/mol. The van der Waals surface area contributed by atoms with Gasteiger partial charge in [-0.05, 0) is 31.5 Å². The molecule has 110 valence electrons. The molecule has 0 aliphatic rings. The van der Waals surface area contributed by atoms with Gasteiger partial charge in [-0.25, -0.2) is 9.38 Å². The third-order valence-electron chi connectivity index (χ3n) is 2.47. The van der Waals surface area contributed by atoms with E-state index in [1.807, 2.05) is 13.0 Å². The van der Waals surface area contributed by atoms with Crippen molar-refractivity contribution in [3.05, 3.63) is 35.1 Å². The molecule has 0 saturated heterocycles. The molecule has 2 N–H and O–H groups in total. The number of nitrogens with one attached hydrogen (secondary N) is 2. The molecule has 6 heteroatoms. The number of rotatable bonds is 5. The molecule has 0 amide bonds. The van der Waals surface area contributed by atoms with Gasteiger partial charge in [-0.2, -0.15) is 5.26 Å². The van der Waals surface area contributed by atoms with Gasteiger partial charge in [0, 0.05) is 18.7 Å². The van der Waals surface area contributed by atoms with E-state index in [2.05, 4.69) is 22.5 Å². The molecule has 0 radical (unpaired) electrons. The minimum Gasteiger partial charge on any atom is -0.357 e. The fraction of sp³-hybridized carbons (Fsp3) is 0.429. The minimum absolute atomic E-state index is 0. The molecule has 0 aliphatic heterocycles. The van der Waals surface area contributed by atoms with Crippen LogP contribution >= 0.6 is 24.0 Å². The Balaban J connectivity index is 0.00000361. The van der Waals surface area contributed by atoms with Crippen LogP contribution in [0.15, 0.2) is 23.2 Å². The lowest BCUT2D eigenvalue weighted by atomic mass is 10.1. The Bertz CT molecular complexity index is 483. The Labute approximate surface area is 136 Å². The zero-order valence-corrected chi connectivity index (χ0v) is 14.1. The molecular weight excluding hydrogens is 370 g/mol. The first-order chi connectivity index (χ1) is 9.21. The van der Waals surface area contributed by atoms with Crippen LogP contribution in [-0.2, 0) is 6.54 Å². The Morgan fingerprint density at radius 2 is 2.10 bits per heavy atom. The third kappa shape index (κ3) is 6.19. The maximum absolute atomic E-state index is 13.6. The Kier molecular flexibility index (Phi) is 9.72. The van der Waals surface area contributed by atoms with Crippen molar-refractivity contribution in [2.75, 3.05) is 13.1 Å². The van der Waals surface area contributed by atoms with E-state index >= 15 is 0 Å². The SMILES string of the molecule is CCCNC(=NCc1cc(C#N)ccc1F)NCC.I. The summed E-state index contributed by atoms with van der Waals surface area (Å²) in [5, 5.41) is 15.0. The maximum Gasteiger partial charge on any atom is 0.191 e. The Morgan fingerprint density at radius 3 is 2.70 bits per heavy atom. The molecule has 20 heavy (non-hydrogen) atoms. The van der Waals surface area contributed by atoms with E-state index in [1.165, 1.54) is 18.2 Å². The number of hydrogen-bond donors (Lipinski definition) is 2. The summed E-state index contributed by atoms with van der Waals surface area (Å²) < 4.78 is 13.6. The molecule has 0 heterocycles. The molecule has 4 nitrogen and oxygen atoms in total. The number of aliphatic imine (C=N–C) groups is 1. The molecule has 0 atom stereocenters. The van der Waals surface area contributed by atoms with Gasteiger partial charge in [0.05, 0.1) is 18.2 Å². The summed E-state index contributed by atoms with van der Waals surface area (Å²) in [5.41, 5.74) is 0.867. The van der Waals surface area contributed by atoms with Crippen LogP contribution < -0.4 is 10.6 Å². The van der Waals surface area contributed by atoms with E-state index in [-0.39, 0.29) is 36.3 Å². The molecule has 0 aromatic heterocycles. The first-order valence-corrected chi connectivity index (χ1v) is 6.42. The summed E-state index contributed by atoms with van der Waals surface area (Å²) in [7, 11) is 0. The van der Waals surface area contributed by atoms with Crippen LogP contribution in [0.1, 0.15) is 31.4 Å². The van der Waals surface area contributed by atoms with Gasteiger partial charge in [0.2, 0.25) is 0 Å². The van der Waals surface area contributed by atoms with Crippen molar-refractivity contribution in [2.45, 2.75) is 26.8 Å². The van der Waals surface area contributed by atoms with Crippen molar-refractivity contribution in [2.24, 2.45) is 4.99 Å². The first kappa shape index (κ1) is 18.6. The molecule has 0 unspecified atom stereocenters. The van der Waals surface area contributed by atoms with Crippen LogP contribution in [-0.4, -0.2) is 19.0 Å². The number of benzene rings is 1. The number of halogens is 2. The largest absolute Gasteiger partial charge is 0.357 e. The Hall–Kier alpha value is -1.36. The summed E-state index contributed by atoms with van der Waals surface area (Å²) >= 11 is 0. The van der Waals surface area contributed by atoms with Crippen LogP contribution in [0.3, 0.4) is 0 Å². The van der Waals surface area contributed by atoms with Crippen molar-refractivity contribution in [3.8, 4) is 6.07 Å². The van der Waals surface area contributed by atoms with Crippen molar-refractivity contribution >= 4 is 29.9 Å². The van der Waals surface area contributed by atoms with Crippen molar-refractivity contribution in [1.29, 1.82) is 5.26 Å². The van der Waals surface area contributed by atoms with Crippen LogP contribution in [0.5, 0.6) is 0 Å². The molecule has 0 aliphatic carbocycles. The highest BCUT2D eigenvalue weighted by atomic mass is 127. The van der Waals surface area contributed by atoms with Crippen LogP contribution in [0.4, 0.5) is 4.39 Å². The normalized spacial score (nSPS) is 10.4. The predicted octanol–water partition coefficient (Wildman–Crippen LogP) is 2.78. The van der Waals surface area contributed by atoms with Gasteiger partial charge in [-0.15, -0.1) is 24.0 Å². The molecule has 0 fully saturated rings.